The average molecular weight is 437 g/mol. The second-order valence-corrected chi connectivity index (χ2v) is 6.20. The number of carbonyl (C=O) groups is 2. The number of nitrogens with two attached hydrogens (primary N) is 1. The molecule has 8 heteroatoms. The van der Waals surface area contributed by atoms with Crippen LogP contribution in [0.15, 0.2) is 4.99 Å². The van der Waals surface area contributed by atoms with E-state index in [1.807, 2.05) is 4.90 Å². The van der Waals surface area contributed by atoms with Crippen LogP contribution in [-0.4, -0.2) is 66.8 Å². The molecule has 0 aliphatic carbocycles. The quantitative estimate of drug-likeness (QED) is 0.380. The summed E-state index contributed by atoms with van der Waals surface area (Å²) in [5.41, 5.74) is 5.99. The highest BCUT2D eigenvalue weighted by Crippen LogP contribution is 2.18. The maximum Gasteiger partial charge on any atom is 0.245 e. The van der Waals surface area contributed by atoms with E-state index in [4.69, 9.17) is 5.73 Å². The summed E-state index contributed by atoms with van der Waals surface area (Å²) in [6.07, 6.45) is 3.78. The number of likely N-dealkylation sites (tertiary alicyclic amines) is 2. The van der Waals surface area contributed by atoms with Crippen molar-refractivity contribution in [3.05, 3.63) is 0 Å². The van der Waals surface area contributed by atoms with Crippen LogP contribution < -0.4 is 11.1 Å². The van der Waals surface area contributed by atoms with Gasteiger partial charge in [-0.3, -0.25) is 9.59 Å². The molecule has 0 spiro atoms. The Morgan fingerprint density at radius 1 is 1.22 bits per heavy atom. The van der Waals surface area contributed by atoms with Gasteiger partial charge >= 0.3 is 0 Å². The number of hydrogen-bond donors (Lipinski definition) is 2. The number of aliphatic imine (C=N–C) groups is 1. The lowest BCUT2D eigenvalue weighted by Gasteiger charge is -2.31. The van der Waals surface area contributed by atoms with Gasteiger partial charge < -0.3 is 20.9 Å². The lowest BCUT2D eigenvalue weighted by Crippen LogP contribution is -2.46. The first-order valence-corrected chi connectivity index (χ1v) is 8.09. The number of nitrogens with one attached hydrogen (secondary N) is 1. The molecule has 1 atom stereocenters. The molecule has 2 heterocycles. The Kier molecular flexibility index (Phi) is 8.07. The summed E-state index contributed by atoms with van der Waals surface area (Å²) < 4.78 is 0. The second kappa shape index (κ2) is 9.29. The van der Waals surface area contributed by atoms with E-state index in [0.717, 1.165) is 38.3 Å². The van der Waals surface area contributed by atoms with E-state index >= 15 is 0 Å². The normalized spacial score (nSPS) is 22.7. The van der Waals surface area contributed by atoms with Gasteiger partial charge in [0.15, 0.2) is 5.96 Å². The van der Waals surface area contributed by atoms with Crippen LogP contribution in [0.2, 0.25) is 0 Å². The molecule has 0 aromatic heterocycles. The molecule has 132 valence electrons. The lowest BCUT2D eigenvalue weighted by molar-refractivity contribution is -0.137. The minimum absolute atomic E-state index is 0. The fourth-order valence-corrected chi connectivity index (χ4v) is 3.08. The maximum absolute atomic E-state index is 12.3. The molecular weight excluding hydrogens is 409 g/mol. The maximum atomic E-state index is 12.3. The third kappa shape index (κ3) is 5.22. The molecule has 0 bridgehead atoms. The molecule has 1 unspecified atom stereocenters. The molecule has 2 amide bonds. The SMILES string of the molecule is CNC(=O)C1CCCN1C(=O)CN=C(N)N1CCC(C)CC1.I. The van der Waals surface area contributed by atoms with E-state index in [2.05, 4.69) is 17.2 Å². The van der Waals surface area contributed by atoms with Crippen LogP contribution in [0, 0.1) is 5.92 Å². The number of hydrogen-bond acceptors (Lipinski definition) is 3. The molecule has 23 heavy (non-hydrogen) atoms. The third-order valence-electron chi connectivity index (χ3n) is 4.61. The Bertz CT molecular complexity index is 449. The van der Waals surface area contributed by atoms with Crippen molar-refractivity contribution in [3.8, 4) is 0 Å². The fraction of sp³-hybridized carbons (Fsp3) is 0.800. The Balaban J connectivity index is 0.00000264. The summed E-state index contributed by atoms with van der Waals surface area (Å²) in [4.78, 5) is 31.9. The number of amides is 2. The number of guanidine groups is 1. The summed E-state index contributed by atoms with van der Waals surface area (Å²) in [6, 6.07) is -0.357. The van der Waals surface area contributed by atoms with Gasteiger partial charge in [-0.2, -0.15) is 0 Å². The van der Waals surface area contributed by atoms with Crippen molar-refractivity contribution in [1.82, 2.24) is 15.1 Å². The minimum Gasteiger partial charge on any atom is -0.370 e. The van der Waals surface area contributed by atoms with Gasteiger partial charge in [-0.15, -0.1) is 24.0 Å². The highest BCUT2D eigenvalue weighted by molar-refractivity contribution is 14.0. The molecule has 2 rings (SSSR count). The van der Waals surface area contributed by atoms with Gasteiger partial charge in [-0.05, 0) is 31.6 Å². The van der Waals surface area contributed by atoms with Crippen LogP contribution in [0.5, 0.6) is 0 Å². The van der Waals surface area contributed by atoms with Gasteiger partial charge in [0.2, 0.25) is 11.8 Å². The lowest BCUT2D eigenvalue weighted by atomic mass is 10.00. The van der Waals surface area contributed by atoms with E-state index in [9.17, 15) is 9.59 Å². The third-order valence-corrected chi connectivity index (χ3v) is 4.61. The Labute approximate surface area is 155 Å². The fourth-order valence-electron chi connectivity index (χ4n) is 3.08. The molecule has 0 aromatic carbocycles. The molecular formula is C15H28IN5O2. The molecule has 7 nitrogen and oxygen atoms in total. The average Bonchev–Trinajstić information content (AvgIpc) is 3.01. The smallest absolute Gasteiger partial charge is 0.245 e. The topological polar surface area (TPSA) is 91.0 Å². The molecule has 2 aliphatic heterocycles. The van der Waals surface area contributed by atoms with Crippen molar-refractivity contribution in [1.29, 1.82) is 0 Å². The van der Waals surface area contributed by atoms with Crippen LogP contribution in [0.25, 0.3) is 0 Å². The van der Waals surface area contributed by atoms with Crippen LogP contribution in [0.3, 0.4) is 0 Å². The largest absolute Gasteiger partial charge is 0.370 e. The molecule has 2 fully saturated rings. The molecule has 0 radical (unpaired) electrons. The van der Waals surface area contributed by atoms with Crippen molar-refractivity contribution in [2.75, 3.05) is 33.2 Å². The van der Waals surface area contributed by atoms with Crippen LogP contribution >= 0.6 is 24.0 Å². The molecule has 0 saturated carbocycles. The van der Waals surface area contributed by atoms with Crippen molar-refractivity contribution >= 4 is 41.8 Å². The van der Waals surface area contributed by atoms with E-state index in [-0.39, 0.29) is 48.4 Å². The van der Waals surface area contributed by atoms with Crippen molar-refractivity contribution in [3.63, 3.8) is 0 Å². The summed E-state index contributed by atoms with van der Waals surface area (Å²) in [5.74, 6) is 0.937. The van der Waals surface area contributed by atoms with Gasteiger partial charge in [0.25, 0.3) is 0 Å². The van der Waals surface area contributed by atoms with Crippen LogP contribution in [0.4, 0.5) is 0 Å². The standard InChI is InChI=1S/C15H27N5O2.HI/c1-11-5-8-19(9-6-11)15(16)18-10-13(21)20-7-3-4-12(20)14(22)17-2;/h11-12H,3-10H2,1-2H3,(H2,16,18)(H,17,22);1H. The second-order valence-electron chi connectivity index (χ2n) is 6.20. The number of carbonyl (C=O) groups excluding carboxylic acids is 2. The van der Waals surface area contributed by atoms with Crippen LogP contribution in [0.1, 0.15) is 32.6 Å². The van der Waals surface area contributed by atoms with E-state index in [0.29, 0.717) is 18.9 Å². The summed E-state index contributed by atoms with van der Waals surface area (Å²) in [5, 5.41) is 2.61. The summed E-state index contributed by atoms with van der Waals surface area (Å²) >= 11 is 0. The Morgan fingerprint density at radius 3 is 2.48 bits per heavy atom. The molecule has 3 N–H and O–H groups in total. The van der Waals surface area contributed by atoms with Crippen LogP contribution in [-0.2, 0) is 9.59 Å². The van der Waals surface area contributed by atoms with Gasteiger partial charge in [0.05, 0.1) is 0 Å². The summed E-state index contributed by atoms with van der Waals surface area (Å²) in [7, 11) is 1.59. The number of nitrogens with zero attached hydrogens (tertiary/aromatic N) is 3. The first-order valence-electron chi connectivity index (χ1n) is 8.09. The Hall–Kier alpha value is -1.06. The Morgan fingerprint density at radius 2 is 1.87 bits per heavy atom. The van der Waals surface area contributed by atoms with Gasteiger partial charge in [0, 0.05) is 26.7 Å². The number of likely N-dealkylation sites (N-methyl/N-ethyl adjacent to an activating group) is 1. The van der Waals surface area contributed by atoms with E-state index in [1.165, 1.54) is 0 Å². The predicted octanol–water partition coefficient (Wildman–Crippen LogP) is 0.388. The highest BCUT2D eigenvalue weighted by atomic mass is 127. The van der Waals surface area contributed by atoms with E-state index < -0.39 is 0 Å². The molecule has 0 aromatic rings. The monoisotopic (exact) mass is 437 g/mol. The minimum atomic E-state index is -0.357. The number of rotatable bonds is 3. The summed E-state index contributed by atoms with van der Waals surface area (Å²) in [6.45, 7) is 4.67. The van der Waals surface area contributed by atoms with Gasteiger partial charge in [-0.1, -0.05) is 6.92 Å². The van der Waals surface area contributed by atoms with Crippen molar-refractivity contribution < 1.29 is 9.59 Å². The molecule has 2 aliphatic rings. The molecule has 2 saturated heterocycles. The van der Waals surface area contributed by atoms with Gasteiger partial charge in [-0.25, -0.2) is 4.99 Å². The first-order chi connectivity index (χ1) is 10.5. The number of piperidine rings is 1. The zero-order valence-electron chi connectivity index (χ0n) is 14.0. The van der Waals surface area contributed by atoms with E-state index in [1.54, 1.807) is 11.9 Å². The highest BCUT2D eigenvalue weighted by Gasteiger charge is 2.33. The van der Waals surface area contributed by atoms with Crippen molar-refractivity contribution in [2.45, 2.75) is 38.6 Å². The van der Waals surface area contributed by atoms with Crippen molar-refractivity contribution in [2.24, 2.45) is 16.6 Å². The predicted molar refractivity (Wildman–Crippen MR) is 101 cm³/mol. The first kappa shape index (κ1) is 20.0. The van der Waals surface area contributed by atoms with Gasteiger partial charge in [0.1, 0.15) is 12.6 Å². The zero-order valence-corrected chi connectivity index (χ0v) is 16.3. The number of halogens is 1. The zero-order chi connectivity index (χ0) is 16.1.